The van der Waals surface area contributed by atoms with E-state index in [9.17, 15) is 21.6 Å². The van der Waals surface area contributed by atoms with Crippen molar-refractivity contribution in [3.8, 4) is 0 Å². The first-order chi connectivity index (χ1) is 16.6. The lowest BCUT2D eigenvalue weighted by atomic mass is 10.1. The molecule has 0 bridgehead atoms. The van der Waals surface area contributed by atoms with E-state index in [0.717, 1.165) is 15.4 Å². The summed E-state index contributed by atoms with van der Waals surface area (Å²) >= 11 is 0. The van der Waals surface area contributed by atoms with Gasteiger partial charge in [0.1, 0.15) is 6.04 Å². The van der Waals surface area contributed by atoms with Crippen LogP contribution in [0.15, 0.2) is 88.7 Å². The van der Waals surface area contributed by atoms with Gasteiger partial charge in [0.05, 0.1) is 9.79 Å². The summed E-state index contributed by atoms with van der Waals surface area (Å²) in [4.78, 5) is 13.7. The van der Waals surface area contributed by atoms with Gasteiger partial charge in [-0.3, -0.25) is 4.79 Å². The first kappa shape index (κ1) is 25.1. The number of amides is 1. The number of carbonyl (C=O) groups is 1. The molecule has 1 aliphatic heterocycles. The number of para-hydroxylation sites is 1. The highest BCUT2D eigenvalue weighted by Crippen LogP contribution is 2.27. The monoisotopic (exact) mass is 513 g/mol. The average Bonchev–Trinajstić information content (AvgIpc) is 2.87. The third-order valence-corrected chi connectivity index (χ3v) is 9.86. The fourth-order valence-corrected chi connectivity index (χ4v) is 7.20. The topological polar surface area (TPSA) is 104 Å². The predicted molar refractivity (Wildman–Crippen MR) is 134 cm³/mol. The van der Waals surface area contributed by atoms with Crippen molar-refractivity contribution < 1.29 is 21.6 Å². The number of hydrogen-bond acceptors (Lipinski definition) is 5. The van der Waals surface area contributed by atoms with E-state index in [1.54, 1.807) is 36.4 Å². The summed E-state index contributed by atoms with van der Waals surface area (Å²) in [6.07, 6.45) is 0. The van der Waals surface area contributed by atoms with Gasteiger partial charge in [-0.05, 0) is 49.2 Å². The highest BCUT2D eigenvalue weighted by molar-refractivity contribution is 7.89. The molecule has 1 atom stereocenters. The molecule has 0 spiro atoms. The Labute approximate surface area is 206 Å². The maximum absolute atomic E-state index is 13.5. The van der Waals surface area contributed by atoms with Crippen molar-refractivity contribution in [2.75, 3.05) is 25.0 Å². The molecule has 184 valence electrons. The van der Waals surface area contributed by atoms with E-state index in [0.29, 0.717) is 5.69 Å². The van der Waals surface area contributed by atoms with Gasteiger partial charge in [-0.15, -0.1) is 0 Å². The molecule has 1 N–H and O–H groups in total. The van der Waals surface area contributed by atoms with E-state index in [1.807, 2.05) is 32.0 Å². The van der Waals surface area contributed by atoms with Crippen molar-refractivity contribution in [3.05, 3.63) is 90.0 Å². The Kier molecular flexibility index (Phi) is 7.09. The van der Waals surface area contributed by atoms with Crippen molar-refractivity contribution in [2.24, 2.45) is 0 Å². The minimum absolute atomic E-state index is 0.0456. The summed E-state index contributed by atoms with van der Waals surface area (Å²) in [6, 6.07) is 20.0. The zero-order valence-corrected chi connectivity index (χ0v) is 21.1. The Hall–Kier alpha value is -3.05. The van der Waals surface area contributed by atoms with E-state index in [4.69, 9.17) is 0 Å². The minimum atomic E-state index is -4.05. The molecule has 0 radical (unpaired) electrons. The van der Waals surface area contributed by atoms with Gasteiger partial charge in [-0.25, -0.2) is 16.8 Å². The largest absolute Gasteiger partial charge is 0.324 e. The molecule has 3 aromatic rings. The lowest BCUT2D eigenvalue weighted by molar-refractivity contribution is -0.120. The summed E-state index contributed by atoms with van der Waals surface area (Å²) < 4.78 is 55.8. The summed E-state index contributed by atoms with van der Waals surface area (Å²) in [5.74, 6) is -0.588. The third-order valence-electron chi connectivity index (χ3n) is 6.06. The molecule has 35 heavy (non-hydrogen) atoms. The number of benzene rings is 3. The van der Waals surface area contributed by atoms with Crippen molar-refractivity contribution in [2.45, 2.75) is 29.7 Å². The molecule has 0 aromatic heterocycles. The van der Waals surface area contributed by atoms with Gasteiger partial charge in [0, 0.05) is 25.3 Å². The molecule has 1 amide bonds. The lowest BCUT2D eigenvalue weighted by Crippen LogP contribution is -2.60. The third kappa shape index (κ3) is 5.01. The van der Waals surface area contributed by atoms with Gasteiger partial charge >= 0.3 is 0 Å². The molecule has 10 heteroatoms. The molecule has 8 nitrogen and oxygen atoms in total. The van der Waals surface area contributed by atoms with Crippen molar-refractivity contribution in [1.82, 2.24) is 8.61 Å². The van der Waals surface area contributed by atoms with Crippen LogP contribution < -0.4 is 5.32 Å². The van der Waals surface area contributed by atoms with Crippen LogP contribution in [0.25, 0.3) is 0 Å². The molecule has 3 aromatic carbocycles. The number of aryl methyl sites for hydroxylation is 2. The first-order valence-corrected chi connectivity index (χ1v) is 14.0. The second-order valence-electron chi connectivity index (χ2n) is 8.38. The number of sulfonamides is 2. The van der Waals surface area contributed by atoms with Crippen LogP contribution in [0, 0.1) is 13.8 Å². The molecule has 0 unspecified atom stereocenters. The molecule has 0 saturated carbocycles. The fraction of sp³-hybridized carbons (Fsp3) is 0.240. The van der Waals surface area contributed by atoms with E-state index in [2.05, 4.69) is 5.32 Å². The quantitative estimate of drug-likeness (QED) is 0.546. The van der Waals surface area contributed by atoms with Gasteiger partial charge < -0.3 is 5.32 Å². The van der Waals surface area contributed by atoms with Gasteiger partial charge in [0.15, 0.2) is 0 Å². The van der Waals surface area contributed by atoms with Crippen molar-refractivity contribution in [1.29, 1.82) is 0 Å². The SMILES string of the molecule is Cc1cccc(C)c1NC(=O)[C@@H]1CN(S(=O)(=O)c2ccccc2)CCN1S(=O)(=O)c1ccccc1. The molecule has 1 saturated heterocycles. The van der Waals surface area contributed by atoms with E-state index >= 15 is 0 Å². The van der Waals surface area contributed by atoms with E-state index in [-0.39, 0.29) is 29.4 Å². The molecular weight excluding hydrogens is 486 g/mol. The number of carbonyl (C=O) groups excluding carboxylic acids is 1. The fourth-order valence-electron chi connectivity index (χ4n) is 4.15. The molecule has 0 aliphatic carbocycles. The zero-order chi connectivity index (χ0) is 25.2. The average molecular weight is 514 g/mol. The Morgan fingerprint density at radius 1 is 0.743 bits per heavy atom. The number of rotatable bonds is 6. The van der Waals surface area contributed by atoms with Crippen LogP contribution in [0.1, 0.15) is 11.1 Å². The summed E-state index contributed by atoms with van der Waals surface area (Å²) in [5, 5.41) is 2.85. The van der Waals surface area contributed by atoms with Crippen LogP contribution >= 0.6 is 0 Å². The number of nitrogens with zero attached hydrogens (tertiary/aromatic N) is 2. The molecule has 1 aliphatic rings. The van der Waals surface area contributed by atoms with E-state index < -0.39 is 32.0 Å². The van der Waals surface area contributed by atoms with Crippen LogP contribution in [0.2, 0.25) is 0 Å². The summed E-state index contributed by atoms with van der Waals surface area (Å²) in [7, 11) is -7.97. The maximum atomic E-state index is 13.5. The number of piperazine rings is 1. The van der Waals surface area contributed by atoms with Gasteiger partial charge in [0.2, 0.25) is 26.0 Å². The zero-order valence-electron chi connectivity index (χ0n) is 19.5. The highest BCUT2D eigenvalue weighted by atomic mass is 32.2. The van der Waals surface area contributed by atoms with Gasteiger partial charge in [-0.2, -0.15) is 8.61 Å². The van der Waals surface area contributed by atoms with Crippen LogP contribution in [0.3, 0.4) is 0 Å². The summed E-state index contributed by atoms with van der Waals surface area (Å²) in [6.45, 7) is 3.15. The molecular formula is C25H27N3O5S2. The standard InChI is InChI=1S/C25H27N3O5S2/c1-19-10-9-11-20(2)24(19)26-25(29)23-18-27(34(30,31)21-12-5-3-6-13-21)16-17-28(23)35(32,33)22-14-7-4-8-15-22/h3-15,23H,16-18H2,1-2H3,(H,26,29)/t23-/m0/s1. The highest BCUT2D eigenvalue weighted by Gasteiger charge is 2.43. The molecule has 1 heterocycles. The first-order valence-electron chi connectivity index (χ1n) is 11.1. The minimum Gasteiger partial charge on any atom is -0.324 e. The second-order valence-corrected chi connectivity index (χ2v) is 12.2. The summed E-state index contributed by atoms with van der Waals surface area (Å²) in [5.41, 5.74) is 2.22. The Balaban J connectivity index is 1.72. The van der Waals surface area contributed by atoms with Crippen LogP contribution in [-0.2, 0) is 24.8 Å². The smallest absolute Gasteiger partial charge is 0.244 e. The maximum Gasteiger partial charge on any atom is 0.244 e. The number of nitrogens with one attached hydrogen (secondary N) is 1. The predicted octanol–water partition coefficient (Wildman–Crippen LogP) is 3.01. The Morgan fingerprint density at radius 2 is 1.26 bits per heavy atom. The van der Waals surface area contributed by atoms with Crippen LogP contribution in [-0.4, -0.2) is 57.0 Å². The van der Waals surface area contributed by atoms with Crippen LogP contribution in [0.4, 0.5) is 5.69 Å². The van der Waals surface area contributed by atoms with Gasteiger partial charge in [-0.1, -0.05) is 54.6 Å². The molecule has 4 rings (SSSR count). The van der Waals surface area contributed by atoms with Gasteiger partial charge in [0.25, 0.3) is 0 Å². The Bertz CT molecular complexity index is 1410. The Morgan fingerprint density at radius 3 is 1.80 bits per heavy atom. The normalized spacial score (nSPS) is 17.7. The number of hydrogen-bond donors (Lipinski definition) is 1. The van der Waals surface area contributed by atoms with E-state index in [1.165, 1.54) is 28.6 Å². The van der Waals surface area contributed by atoms with Crippen LogP contribution in [0.5, 0.6) is 0 Å². The second kappa shape index (κ2) is 9.90. The number of anilines is 1. The molecule has 1 fully saturated rings. The lowest BCUT2D eigenvalue weighted by Gasteiger charge is -2.39. The van der Waals surface area contributed by atoms with Crippen molar-refractivity contribution in [3.63, 3.8) is 0 Å². The van der Waals surface area contributed by atoms with Crippen molar-refractivity contribution >= 4 is 31.6 Å².